The Morgan fingerprint density at radius 2 is 1.92 bits per heavy atom. The fourth-order valence-electron chi connectivity index (χ4n) is 3.30. The van der Waals surface area contributed by atoms with Crippen LogP contribution in [-0.4, -0.2) is 25.6 Å². The molecule has 0 saturated carbocycles. The van der Waals surface area contributed by atoms with Crippen molar-refractivity contribution in [1.29, 1.82) is 0 Å². The van der Waals surface area contributed by atoms with Gasteiger partial charge in [0.25, 0.3) is 5.56 Å². The van der Waals surface area contributed by atoms with E-state index in [4.69, 9.17) is 0 Å². The van der Waals surface area contributed by atoms with Gasteiger partial charge in [0.05, 0.1) is 5.69 Å². The molecule has 0 aliphatic rings. The van der Waals surface area contributed by atoms with Crippen LogP contribution >= 0.6 is 0 Å². The molecule has 0 saturated heterocycles. The summed E-state index contributed by atoms with van der Waals surface area (Å²) in [7, 11) is 3.10. The van der Waals surface area contributed by atoms with Crippen molar-refractivity contribution in [1.82, 2.24) is 19.1 Å². The summed E-state index contributed by atoms with van der Waals surface area (Å²) in [6.45, 7) is 0.660. The first kappa shape index (κ1) is 16.1. The third-order valence-electron chi connectivity index (χ3n) is 4.73. The van der Waals surface area contributed by atoms with E-state index in [2.05, 4.69) is 21.4 Å². The fraction of sp³-hybridized carbons (Fsp3) is 0.211. The van der Waals surface area contributed by atoms with Gasteiger partial charge in [-0.15, -0.1) is 0 Å². The van der Waals surface area contributed by atoms with Gasteiger partial charge in [0.15, 0.2) is 5.65 Å². The predicted octanol–water partition coefficient (Wildman–Crippen LogP) is 1.77. The molecule has 0 spiro atoms. The predicted molar refractivity (Wildman–Crippen MR) is 103 cm³/mol. The number of aryl methyl sites for hydroxylation is 1. The maximum atomic E-state index is 12.6. The average molecular weight is 349 g/mol. The van der Waals surface area contributed by atoms with Crippen LogP contribution in [-0.2, 0) is 20.5 Å². The molecule has 2 N–H and O–H groups in total. The van der Waals surface area contributed by atoms with Gasteiger partial charge in [-0.2, -0.15) is 0 Å². The molecule has 0 amide bonds. The first-order valence-corrected chi connectivity index (χ1v) is 8.41. The first-order valence-electron chi connectivity index (χ1n) is 8.41. The van der Waals surface area contributed by atoms with Crippen LogP contribution < -0.4 is 16.6 Å². The van der Waals surface area contributed by atoms with Gasteiger partial charge < -0.3 is 10.3 Å². The van der Waals surface area contributed by atoms with Gasteiger partial charge in [-0.1, -0.05) is 18.2 Å². The zero-order valence-electron chi connectivity index (χ0n) is 14.6. The number of hydrogen-bond acceptors (Lipinski definition) is 4. The van der Waals surface area contributed by atoms with Crippen molar-refractivity contribution < 1.29 is 0 Å². The first-order chi connectivity index (χ1) is 12.6. The zero-order valence-corrected chi connectivity index (χ0v) is 14.6. The van der Waals surface area contributed by atoms with E-state index in [9.17, 15) is 9.59 Å². The second kappa shape index (κ2) is 6.18. The van der Waals surface area contributed by atoms with Crippen LogP contribution in [0.15, 0.2) is 52.3 Å². The molecular formula is C19H19N5O2. The van der Waals surface area contributed by atoms with E-state index in [0.717, 1.165) is 16.5 Å². The molecule has 0 aliphatic carbocycles. The lowest BCUT2D eigenvalue weighted by Crippen LogP contribution is -2.37. The van der Waals surface area contributed by atoms with Crippen LogP contribution in [0.3, 0.4) is 0 Å². The summed E-state index contributed by atoms with van der Waals surface area (Å²) in [6.07, 6.45) is 4.43. The van der Waals surface area contributed by atoms with Gasteiger partial charge >= 0.3 is 5.69 Å². The van der Waals surface area contributed by atoms with Crippen molar-refractivity contribution >= 4 is 27.6 Å². The van der Waals surface area contributed by atoms with Crippen LogP contribution in [0.25, 0.3) is 21.9 Å². The molecule has 0 aliphatic heterocycles. The number of aromatic amines is 1. The minimum absolute atomic E-state index is 0.342. The van der Waals surface area contributed by atoms with Crippen LogP contribution in [0.5, 0.6) is 0 Å². The fourth-order valence-corrected chi connectivity index (χ4v) is 3.30. The van der Waals surface area contributed by atoms with E-state index < -0.39 is 0 Å². The Labute approximate surface area is 148 Å². The van der Waals surface area contributed by atoms with E-state index in [1.807, 2.05) is 24.4 Å². The Morgan fingerprint density at radius 3 is 2.77 bits per heavy atom. The Hall–Kier alpha value is -3.35. The van der Waals surface area contributed by atoms with Crippen molar-refractivity contribution in [3.63, 3.8) is 0 Å². The third kappa shape index (κ3) is 2.48. The van der Waals surface area contributed by atoms with Crippen LogP contribution in [0, 0.1) is 0 Å². The summed E-state index contributed by atoms with van der Waals surface area (Å²) >= 11 is 0. The van der Waals surface area contributed by atoms with Gasteiger partial charge in [0.2, 0.25) is 0 Å². The van der Waals surface area contributed by atoms with Crippen molar-refractivity contribution in [2.45, 2.75) is 6.42 Å². The molecule has 132 valence electrons. The highest BCUT2D eigenvalue weighted by Gasteiger charge is 2.13. The molecular weight excluding hydrogens is 330 g/mol. The number of nitrogens with one attached hydrogen (secondary N) is 2. The Kier molecular flexibility index (Phi) is 3.84. The molecule has 7 heteroatoms. The Bertz CT molecular complexity index is 1230. The number of rotatable bonds is 4. The molecule has 7 nitrogen and oxygen atoms in total. The van der Waals surface area contributed by atoms with Crippen molar-refractivity contribution in [2.24, 2.45) is 14.1 Å². The number of pyridine rings is 1. The van der Waals surface area contributed by atoms with Gasteiger partial charge in [-0.3, -0.25) is 13.9 Å². The van der Waals surface area contributed by atoms with Gasteiger partial charge in [-0.25, -0.2) is 9.78 Å². The summed E-state index contributed by atoms with van der Waals surface area (Å²) < 4.78 is 2.50. The summed E-state index contributed by atoms with van der Waals surface area (Å²) in [5.41, 5.74) is 2.67. The highest BCUT2D eigenvalue weighted by Crippen LogP contribution is 2.19. The summed E-state index contributed by atoms with van der Waals surface area (Å²) in [4.78, 5) is 32.1. The number of aromatic nitrogens is 4. The number of fused-ring (bicyclic) bond motifs is 2. The van der Waals surface area contributed by atoms with Gasteiger partial charge in [-0.05, 0) is 24.1 Å². The minimum Gasteiger partial charge on any atom is -0.384 e. The van der Waals surface area contributed by atoms with E-state index in [0.29, 0.717) is 23.3 Å². The maximum Gasteiger partial charge on any atom is 0.332 e. The standard InChI is InChI=1S/C19H19N5O2/c1-23-17-16(18(25)24(2)19(23)26)15(8-10-21-17)20-9-7-12-11-22-14-6-4-3-5-13(12)14/h3-6,8,10-11,22H,7,9H2,1-2H3,(H,20,21). The SMILES string of the molecule is Cn1c(=O)c2c(NCCc3c[nH]c4ccccc34)ccnc2n(C)c1=O. The Morgan fingerprint density at radius 1 is 1.12 bits per heavy atom. The molecule has 4 aromatic rings. The highest BCUT2D eigenvalue weighted by atomic mass is 16.2. The van der Waals surface area contributed by atoms with E-state index in [1.165, 1.54) is 22.6 Å². The number of H-pyrrole nitrogens is 1. The lowest BCUT2D eigenvalue weighted by atomic mass is 10.1. The zero-order chi connectivity index (χ0) is 18.3. The minimum atomic E-state index is -0.383. The largest absolute Gasteiger partial charge is 0.384 e. The smallest absolute Gasteiger partial charge is 0.332 e. The Balaban J connectivity index is 1.66. The number of hydrogen-bond donors (Lipinski definition) is 2. The normalized spacial score (nSPS) is 11.3. The quantitative estimate of drug-likeness (QED) is 0.588. The molecule has 1 aromatic carbocycles. The van der Waals surface area contributed by atoms with Gasteiger partial charge in [0.1, 0.15) is 5.39 Å². The molecule has 26 heavy (non-hydrogen) atoms. The van der Waals surface area contributed by atoms with Crippen LogP contribution in [0.2, 0.25) is 0 Å². The van der Waals surface area contributed by atoms with Crippen LogP contribution in [0.1, 0.15) is 5.56 Å². The number of anilines is 1. The summed E-state index contributed by atoms with van der Waals surface area (Å²) in [6, 6.07) is 9.93. The lowest BCUT2D eigenvalue weighted by molar-refractivity contribution is 0.708. The summed E-state index contributed by atoms with van der Waals surface area (Å²) in [5.74, 6) is 0. The molecule has 4 rings (SSSR count). The summed E-state index contributed by atoms with van der Waals surface area (Å²) in [5, 5.41) is 4.95. The van der Waals surface area contributed by atoms with Gasteiger partial charge in [0, 0.05) is 43.9 Å². The molecule has 0 radical (unpaired) electrons. The number of benzene rings is 1. The number of nitrogens with zero attached hydrogens (tertiary/aromatic N) is 3. The van der Waals surface area contributed by atoms with E-state index >= 15 is 0 Å². The molecule has 3 aromatic heterocycles. The van der Waals surface area contributed by atoms with Crippen molar-refractivity contribution in [3.05, 3.63) is 69.1 Å². The third-order valence-corrected chi connectivity index (χ3v) is 4.73. The monoisotopic (exact) mass is 349 g/mol. The lowest BCUT2D eigenvalue weighted by Gasteiger charge is -2.11. The van der Waals surface area contributed by atoms with E-state index in [-0.39, 0.29) is 11.2 Å². The molecule has 0 atom stereocenters. The molecule has 0 fully saturated rings. The van der Waals surface area contributed by atoms with E-state index in [1.54, 1.807) is 19.3 Å². The topological polar surface area (TPSA) is 84.7 Å². The second-order valence-corrected chi connectivity index (χ2v) is 6.30. The highest BCUT2D eigenvalue weighted by molar-refractivity contribution is 5.88. The second-order valence-electron chi connectivity index (χ2n) is 6.30. The van der Waals surface area contributed by atoms with Crippen LogP contribution in [0.4, 0.5) is 5.69 Å². The maximum absolute atomic E-state index is 12.6. The molecule has 0 bridgehead atoms. The molecule has 0 unspecified atom stereocenters. The average Bonchev–Trinajstić information content (AvgIpc) is 3.08. The van der Waals surface area contributed by atoms with Crippen molar-refractivity contribution in [2.75, 3.05) is 11.9 Å². The number of para-hydroxylation sites is 1. The molecule has 3 heterocycles. The van der Waals surface area contributed by atoms with Crippen molar-refractivity contribution in [3.8, 4) is 0 Å².